The van der Waals surface area contributed by atoms with Gasteiger partial charge in [-0.15, -0.1) is 0 Å². The van der Waals surface area contributed by atoms with Crippen molar-refractivity contribution in [2.24, 2.45) is 11.8 Å². The molecule has 0 radical (unpaired) electrons. The molecule has 0 aromatic heterocycles. The van der Waals surface area contributed by atoms with Crippen molar-refractivity contribution < 1.29 is 0 Å². The van der Waals surface area contributed by atoms with Crippen LogP contribution in [0.25, 0.3) is 0 Å². The Morgan fingerprint density at radius 1 is 1.55 bits per heavy atom. The van der Waals surface area contributed by atoms with E-state index in [-0.39, 0.29) is 0 Å². The summed E-state index contributed by atoms with van der Waals surface area (Å²) >= 11 is 0. The average Bonchev–Trinajstić information content (AvgIpc) is 1.85. The molecule has 3 nitrogen and oxygen atoms in total. The van der Waals surface area contributed by atoms with Crippen LogP contribution in [0.1, 0.15) is 12.8 Å². The Bertz CT molecular complexity index is 112. The van der Waals surface area contributed by atoms with Gasteiger partial charge in [0.25, 0.3) is 0 Å². The minimum atomic E-state index is 0.781. The first kappa shape index (κ1) is 8.97. The molecule has 66 valence electrons. The second kappa shape index (κ2) is 4.04. The van der Waals surface area contributed by atoms with Gasteiger partial charge in [0, 0.05) is 19.6 Å². The Morgan fingerprint density at radius 3 is 2.82 bits per heavy atom. The Kier molecular flexibility index (Phi) is 3.30. The summed E-state index contributed by atoms with van der Waals surface area (Å²) in [7, 11) is 4.24. The molecule has 1 rings (SSSR count). The minimum absolute atomic E-state index is 0.781. The van der Waals surface area contributed by atoms with Gasteiger partial charge >= 0.3 is 0 Å². The van der Waals surface area contributed by atoms with Gasteiger partial charge in [-0.25, -0.2) is 5.01 Å². The fourth-order valence-electron chi connectivity index (χ4n) is 1.76. The Morgan fingerprint density at radius 2 is 2.27 bits per heavy atom. The summed E-state index contributed by atoms with van der Waals surface area (Å²) in [5.41, 5.74) is 0. The molecule has 1 saturated heterocycles. The SMILES string of the molecule is CN(C)C[C@H]1CCCN(N)C1. The van der Waals surface area contributed by atoms with Crippen molar-refractivity contribution in [1.29, 1.82) is 0 Å². The third-order valence-electron chi connectivity index (χ3n) is 2.17. The van der Waals surface area contributed by atoms with Gasteiger partial charge in [0.05, 0.1) is 0 Å². The van der Waals surface area contributed by atoms with Crippen molar-refractivity contribution in [3.8, 4) is 0 Å². The highest BCUT2D eigenvalue weighted by atomic mass is 15.4. The fourth-order valence-corrected chi connectivity index (χ4v) is 1.76. The summed E-state index contributed by atoms with van der Waals surface area (Å²) in [5, 5.41) is 1.94. The molecule has 0 spiro atoms. The van der Waals surface area contributed by atoms with Crippen LogP contribution < -0.4 is 5.84 Å². The van der Waals surface area contributed by atoms with Crippen LogP contribution in [0.3, 0.4) is 0 Å². The van der Waals surface area contributed by atoms with Gasteiger partial charge in [-0.3, -0.25) is 5.84 Å². The van der Waals surface area contributed by atoms with Gasteiger partial charge in [0.2, 0.25) is 0 Å². The summed E-state index contributed by atoms with van der Waals surface area (Å²) in [6, 6.07) is 0. The number of piperidine rings is 1. The van der Waals surface area contributed by atoms with Gasteiger partial charge in [-0.2, -0.15) is 0 Å². The van der Waals surface area contributed by atoms with Crippen LogP contribution in [0.4, 0.5) is 0 Å². The van der Waals surface area contributed by atoms with Crippen LogP contribution >= 0.6 is 0 Å². The molecule has 1 atom stereocenters. The maximum absolute atomic E-state index is 5.72. The molecule has 0 unspecified atom stereocenters. The van der Waals surface area contributed by atoms with Crippen molar-refractivity contribution in [2.75, 3.05) is 33.7 Å². The molecule has 1 aliphatic rings. The molecule has 0 aromatic rings. The molecule has 0 aromatic carbocycles. The zero-order valence-electron chi connectivity index (χ0n) is 7.58. The smallest absolute Gasteiger partial charge is 0.0169 e. The normalized spacial score (nSPS) is 27.8. The zero-order chi connectivity index (χ0) is 8.27. The Hall–Kier alpha value is -0.120. The van der Waals surface area contributed by atoms with E-state index in [0.29, 0.717) is 0 Å². The van der Waals surface area contributed by atoms with Crippen molar-refractivity contribution in [3.05, 3.63) is 0 Å². The highest BCUT2D eigenvalue weighted by Gasteiger charge is 2.17. The molecule has 0 amide bonds. The predicted molar refractivity (Wildman–Crippen MR) is 47.0 cm³/mol. The van der Waals surface area contributed by atoms with Gasteiger partial charge in [0.15, 0.2) is 0 Å². The standard InChI is InChI=1S/C8H19N3/c1-10(2)6-8-4-3-5-11(9)7-8/h8H,3-7,9H2,1-2H3/t8-/m1/s1. The van der Waals surface area contributed by atoms with Crippen molar-refractivity contribution in [1.82, 2.24) is 9.91 Å². The molecule has 1 heterocycles. The first-order chi connectivity index (χ1) is 5.18. The fraction of sp³-hybridized carbons (Fsp3) is 1.00. The third-order valence-corrected chi connectivity index (χ3v) is 2.17. The summed E-state index contributed by atoms with van der Waals surface area (Å²) in [6.07, 6.45) is 2.60. The first-order valence-corrected chi connectivity index (χ1v) is 4.33. The van der Waals surface area contributed by atoms with Crippen LogP contribution in [0.2, 0.25) is 0 Å². The van der Waals surface area contributed by atoms with E-state index < -0.39 is 0 Å². The Labute approximate surface area is 69.1 Å². The number of hydrazine groups is 1. The van der Waals surface area contributed by atoms with Crippen LogP contribution in [-0.4, -0.2) is 43.6 Å². The van der Waals surface area contributed by atoms with Crippen molar-refractivity contribution in [2.45, 2.75) is 12.8 Å². The number of rotatable bonds is 2. The van der Waals surface area contributed by atoms with Gasteiger partial charge in [0.1, 0.15) is 0 Å². The summed E-state index contributed by atoms with van der Waals surface area (Å²) < 4.78 is 0. The van der Waals surface area contributed by atoms with E-state index in [4.69, 9.17) is 5.84 Å². The lowest BCUT2D eigenvalue weighted by Crippen LogP contribution is -2.43. The van der Waals surface area contributed by atoms with Crippen LogP contribution in [0.5, 0.6) is 0 Å². The quantitative estimate of drug-likeness (QED) is 0.578. The minimum Gasteiger partial charge on any atom is -0.309 e. The molecule has 0 aliphatic carbocycles. The number of nitrogens with zero attached hydrogens (tertiary/aromatic N) is 2. The molecular formula is C8H19N3. The first-order valence-electron chi connectivity index (χ1n) is 4.33. The maximum Gasteiger partial charge on any atom is 0.0169 e. The molecule has 0 bridgehead atoms. The largest absolute Gasteiger partial charge is 0.309 e. The number of hydrogen-bond donors (Lipinski definition) is 1. The van der Waals surface area contributed by atoms with E-state index in [9.17, 15) is 0 Å². The molecule has 0 saturated carbocycles. The van der Waals surface area contributed by atoms with Gasteiger partial charge in [-0.05, 0) is 32.9 Å². The zero-order valence-corrected chi connectivity index (χ0v) is 7.58. The van der Waals surface area contributed by atoms with Gasteiger partial charge < -0.3 is 4.90 Å². The molecule has 2 N–H and O–H groups in total. The predicted octanol–water partition coefficient (Wildman–Crippen LogP) is 0.134. The van der Waals surface area contributed by atoms with Crippen molar-refractivity contribution in [3.63, 3.8) is 0 Å². The van der Waals surface area contributed by atoms with E-state index in [1.54, 1.807) is 0 Å². The number of hydrogen-bond acceptors (Lipinski definition) is 3. The van der Waals surface area contributed by atoms with E-state index in [2.05, 4.69) is 19.0 Å². The second-order valence-electron chi connectivity index (χ2n) is 3.77. The molecule has 11 heavy (non-hydrogen) atoms. The highest BCUT2D eigenvalue weighted by molar-refractivity contribution is 4.70. The molecule has 1 aliphatic heterocycles. The van der Waals surface area contributed by atoms with Crippen molar-refractivity contribution >= 4 is 0 Å². The van der Waals surface area contributed by atoms with E-state index >= 15 is 0 Å². The van der Waals surface area contributed by atoms with E-state index in [1.165, 1.54) is 19.4 Å². The van der Waals surface area contributed by atoms with Gasteiger partial charge in [-0.1, -0.05) is 0 Å². The average molecular weight is 157 g/mol. The van der Waals surface area contributed by atoms with Crippen LogP contribution in [-0.2, 0) is 0 Å². The molecule has 1 fully saturated rings. The van der Waals surface area contributed by atoms with E-state index in [0.717, 1.165) is 19.0 Å². The second-order valence-corrected chi connectivity index (χ2v) is 3.77. The monoisotopic (exact) mass is 157 g/mol. The summed E-state index contributed by atoms with van der Waals surface area (Å²) in [4.78, 5) is 2.24. The maximum atomic E-state index is 5.72. The topological polar surface area (TPSA) is 32.5 Å². The lowest BCUT2D eigenvalue weighted by molar-refractivity contribution is 0.153. The third kappa shape index (κ3) is 3.18. The lowest BCUT2D eigenvalue weighted by atomic mass is 9.99. The van der Waals surface area contributed by atoms with Crippen LogP contribution in [0, 0.1) is 5.92 Å². The van der Waals surface area contributed by atoms with Crippen LogP contribution in [0.15, 0.2) is 0 Å². The Balaban J connectivity index is 2.23. The summed E-state index contributed by atoms with van der Waals surface area (Å²) in [6.45, 7) is 3.32. The molecular weight excluding hydrogens is 138 g/mol. The highest BCUT2D eigenvalue weighted by Crippen LogP contribution is 2.13. The lowest BCUT2D eigenvalue weighted by Gasteiger charge is -2.30. The molecule has 3 heteroatoms. The summed E-state index contributed by atoms with van der Waals surface area (Å²) in [5.74, 6) is 6.50. The number of nitrogens with two attached hydrogens (primary N) is 1. The van der Waals surface area contributed by atoms with E-state index in [1.807, 2.05) is 5.01 Å².